The molecule has 2 saturated carbocycles. The molecule has 234 valence electrons. The molecule has 0 atom stereocenters. The number of alkyl carbamates (subject to hydrolysis) is 1. The molecule has 1 aliphatic heterocycles. The first-order chi connectivity index (χ1) is 20.9. The number of amides is 1. The van der Waals surface area contributed by atoms with Crippen molar-refractivity contribution < 1.29 is 33.3 Å². The number of nitrogens with two attached hydrogens (primary N) is 1. The maximum Gasteiger partial charge on any atom is 0.408 e. The summed E-state index contributed by atoms with van der Waals surface area (Å²) < 4.78 is 21.6. The van der Waals surface area contributed by atoms with Crippen LogP contribution in [0.25, 0.3) is 0 Å². The van der Waals surface area contributed by atoms with Crippen molar-refractivity contribution in [3.63, 3.8) is 0 Å². The molecule has 2 aromatic carbocycles. The second-order valence-electron chi connectivity index (χ2n) is 11.8. The molecule has 0 bridgehead atoms. The van der Waals surface area contributed by atoms with Crippen LogP contribution >= 0.6 is 0 Å². The lowest BCUT2D eigenvalue weighted by Crippen LogP contribution is -2.56. The van der Waals surface area contributed by atoms with Crippen molar-refractivity contribution in [2.24, 2.45) is 5.73 Å². The maximum atomic E-state index is 12.8. The van der Waals surface area contributed by atoms with Crippen molar-refractivity contribution in [2.75, 3.05) is 13.2 Å². The van der Waals surface area contributed by atoms with E-state index in [4.69, 9.17) is 24.7 Å². The van der Waals surface area contributed by atoms with E-state index >= 15 is 0 Å². The number of rotatable bonds is 8. The summed E-state index contributed by atoms with van der Waals surface area (Å²) in [6.07, 6.45) is 9.44. The zero-order valence-corrected chi connectivity index (χ0v) is 25.1. The number of hydrogen-bond donors (Lipinski definition) is 2. The molecule has 0 aromatic heterocycles. The Morgan fingerprint density at radius 1 is 0.721 bits per heavy atom. The van der Waals surface area contributed by atoms with Crippen LogP contribution in [0.1, 0.15) is 88.2 Å². The summed E-state index contributed by atoms with van der Waals surface area (Å²) in [5.41, 5.74) is 6.30. The average Bonchev–Trinajstić information content (AvgIpc) is 3.05. The summed E-state index contributed by atoms with van der Waals surface area (Å²) in [7, 11) is 0. The quantitative estimate of drug-likeness (QED) is 0.293. The Balaban J connectivity index is 0.000000215. The van der Waals surface area contributed by atoms with Crippen molar-refractivity contribution in [1.82, 2.24) is 5.32 Å². The molecule has 43 heavy (non-hydrogen) atoms. The smallest absolute Gasteiger partial charge is 0.408 e. The molecule has 0 radical (unpaired) electrons. The van der Waals surface area contributed by atoms with Gasteiger partial charge < -0.3 is 30.0 Å². The highest BCUT2D eigenvalue weighted by molar-refractivity contribution is 5.86. The van der Waals surface area contributed by atoms with Crippen molar-refractivity contribution in [1.29, 1.82) is 0 Å². The summed E-state index contributed by atoms with van der Waals surface area (Å²) >= 11 is 0. The van der Waals surface area contributed by atoms with Crippen molar-refractivity contribution >= 4 is 18.0 Å². The minimum atomic E-state index is -0.977. The number of hydrogen-bond acceptors (Lipinski definition) is 8. The molecule has 2 aromatic rings. The van der Waals surface area contributed by atoms with E-state index in [1.54, 1.807) is 0 Å². The van der Waals surface area contributed by atoms with E-state index in [1.807, 2.05) is 60.7 Å². The molecule has 5 rings (SSSR count). The van der Waals surface area contributed by atoms with Crippen LogP contribution in [0.2, 0.25) is 0 Å². The van der Waals surface area contributed by atoms with Crippen LogP contribution in [0.3, 0.4) is 0 Å². The molecule has 1 amide bonds. The standard InChI is InChI=1S/C20H27NO5.C14H19NO2/c22-18(25-15-16-7-3-1-4-8-16)20(11-5-2-6-12-20)21-19(23)26-17-9-13-24-14-10-17;15-14(9-5-2-6-10-14)13(16)17-11-12-7-3-1-4-8-12/h1,3-4,7-8,17H,2,5-6,9-15H2,(H,21,23);1,3-4,7-8H,2,5-6,9-11,15H2. The summed E-state index contributed by atoms with van der Waals surface area (Å²) in [5, 5.41) is 2.84. The molecule has 3 N–H and O–H groups in total. The Morgan fingerprint density at radius 3 is 1.74 bits per heavy atom. The molecule has 2 aliphatic carbocycles. The Bertz CT molecular complexity index is 1140. The van der Waals surface area contributed by atoms with Crippen LogP contribution < -0.4 is 11.1 Å². The van der Waals surface area contributed by atoms with Gasteiger partial charge in [-0.1, -0.05) is 99.2 Å². The number of carbonyl (C=O) groups is 3. The lowest BCUT2D eigenvalue weighted by molar-refractivity contribution is -0.154. The predicted octanol–water partition coefficient (Wildman–Crippen LogP) is 5.73. The second kappa shape index (κ2) is 16.4. The molecule has 9 heteroatoms. The third-order valence-corrected chi connectivity index (χ3v) is 8.46. The zero-order chi connectivity index (χ0) is 30.4. The Hall–Kier alpha value is -3.43. The molecule has 0 spiro atoms. The van der Waals surface area contributed by atoms with Crippen LogP contribution in [0.4, 0.5) is 4.79 Å². The minimum absolute atomic E-state index is 0.148. The first-order valence-corrected chi connectivity index (χ1v) is 15.7. The number of esters is 2. The van der Waals surface area contributed by atoms with Gasteiger partial charge in [-0.2, -0.15) is 0 Å². The molecule has 3 aliphatic rings. The van der Waals surface area contributed by atoms with Crippen LogP contribution in [0.5, 0.6) is 0 Å². The molecule has 9 nitrogen and oxygen atoms in total. The first-order valence-electron chi connectivity index (χ1n) is 15.7. The Labute approximate surface area is 254 Å². The van der Waals surface area contributed by atoms with Gasteiger partial charge in [0.05, 0.1) is 13.2 Å². The lowest BCUT2D eigenvalue weighted by Gasteiger charge is -2.35. The fourth-order valence-corrected chi connectivity index (χ4v) is 5.82. The lowest BCUT2D eigenvalue weighted by atomic mass is 9.82. The Kier molecular flexibility index (Phi) is 12.4. The Morgan fingerprint density at radius 2 is 1.21 bits per heavy atom. The highest BCUT2D eigenvalue weighted by Gasteiger charge is 2.43. The van der Waals surface area contributed by atoms with Gasteiger partial charge in [-0.05, 0) is 36.8 Å². The number of carbonyl (C=O) groups excluding carboxylic acids is 3. The topological polar surface area (TPSA) is 126 Å². The van der Waals surface area contributed by atoms with Gasteiger partial charge in [0.2, 0.25) is 0 Å². The summed E-state index contributed by atoms with van der Waals surface area (Å²) in [6, 6.07) is 19.2. The summed E-state index contributed by atoms with van der Waals surface area (Å²) in [4.78, 5) is 37.1. The van der Waals surface area contributed by atoms with E-state index in [0.717, 1.165) is 56.1 Å². The van der Waals surface area contributed by atoms with Gasteiger partial charge in [-0.25, -0.2) is 9.59 Å². The van der Waals surface area contributed by atoms with E-state index < -0.39 is 17.2 Å². The zero-order valence-electron chi connectivity index (χ0n) is 25.1. The van der Waals surface area contributed by atoms with Crippen molar-refractivity contribution in [3.05, 3.63) is 71.8 Å². The number of benzene rings is 2. The SMILES string of the molecule is NC1(C(=O)OCc2ccccc2)CCCCC1.O=C(NC1(C(=O)OCc2ccccc2)CCCCC1)OC1CCOCC1. The van der Waals surface area contributed by atoms with Gasteiger partial charge in [0.1, 0.15) is 30.4 Å². The highest BCUT2D eigenvalue weighted by Crippen LogP contribution is 2.30. The van der Waals surface area contributed by atoms with Gasteiger partial charge in [0.25, 0.3) is 0 Å². The molecule has 0 unspecified atom stereocenters. The van der Waals surface area contributed by atoms with Crippen LogP contribution in [0.15, 0.2) is 60.7 Å². The van der Waals surface area contributed by atoms with Crippen LogP contribution in [-0.4, -0.2) is 48.4 Å². The van der Waals surface area contributed by atoms with E-state index in [-0.39, 0.29) is 24.6 Å². The third-order valence-electron chi connectivity index (χ3n) is 8.46. The van der Waals surface area contributed by atoms with Crippen LogP contribution in [0, 0.1) is 0 Å². The minimum Gasteiger partial charge on any atom is -0.459 e. The predicted molar refractivity (Wildman–Crippen MR) is 162 cm³/mol. The molecule has 1 heterocycles. The maximum absolute atomic E-state index is 12.8. The van der Waals surface area contributed by atoms with E-state index in [2.05, 4.69) is 5.32 Å². The van der Waals surface area contributed by atoms with Crippen molar-refractivity contribution in [2.45, 2.75) is 107 Å². The molecule has 1 saturated heterocycles. The average molecular weight is 595 g/mol. The number of nitrogens with one attached hydrogen (secondary N) is 1. The molecular weight excluding hydrogens is 548 g/mol. The monoisotopic (exact) mass is 594 g/mol. The number of ether oxygens (including phenoxy) is 4. The summed E-state index contributed by atoms with van der Waals surface area (Å²) in [6.45, 7) is 1.72. The van der Waals surface area contributed by atoms with Gasteiger partial charge in [-0.15, -0.1) is 0 Å². The molecular formula is C34H46N2O7. The normalized spacial score (nSPS) is 19.6. The van der Waals surface area contributed by atoms with E-state index in [9.17, 15) is 14.4 Å². The fourth-order valence-electron chi connectivity index (χ4n) is 5.82. The fraction of sp³-hybridized carbons (Fsp3) is 0.559. The van der Waals surface area contributed by atoms with Crippen LogP contribution in [-0.2, 0) is 41.8 Å². The first kappa shape index (κ1) is 32.5. The third kappa shape index (κ3) is 10.1. The van der Waals surface area contributed by atoms with Gasteiger partial charge in [-0.3, -0.25) is 4.79 Å². The van der Waals surface area contributed by atoms with E-state index in [0.29, 0.717) is 45.5 Å². The highest BCUT2D eigenvalue weighted by atomic mass is 16.6. The second-order valence-corrected chi connectivity index (χ2v) is 11.8. The van der Waals surface area contributed by atoms with Gasteiger partial charge in [0, 0.05) is 12.8 Å². The van der Waals surface area contributed by atoms with E-state index in [1.165, 1.54) is 6.42 Å². The summed E-state index contributed by atoms with van der Waals surface area (Å²) in [5.74, 6) is -0.619. The largest absolute Gasteiger partial charge is 0.459 e. The van der Waals surface area contributed by atoms with Gasteiger partial charge >= 0.3 is 18.0 Å². The van der Waals surface area contributed by atoms with Crippen molar-refractivity contribution in [3.8, 4) is 0 Å². The molecule has 3 fully saturated rings. The van der Waals surface area contributed by atoms with Gasteiger partial charge in [0.15, 0.2) is 0 Å².